The molecular formula is C11H15F3N2O2S. The Morgan fingerprint density at radius 1 is 1.32 bits per heavy atom. The van der Waals surface area contributed by atoms with E-state index in [0.29, 0.717) is 5.56 Å². The standard InChI is InChI=1S/C11H15F3N2O2S/c1-8-3-4-9(11(12,13)14)7-10(8)16-19(17,18)6-2-5-15/h3-4,7,16H,2,5-6,15H2,1H3. The van der Waals surface area contributed by atoms with E-state index in [-0.39, 0.29) is 24.4 Å². The normalized spacial score (nSPS) is 12.5. The van der Waals surface area contributed by atoms with Crippen molar-refractivity contribution < 1.29 is 21.6 Å². The van der Waals surface area contributed by atoms with E-state index in [4.69, 9.17) is 5.73 Å². The van der Waals surface area contributed by atoms with Crippen molar-refractivity contribution in [2.75, 3.05) is 17.0 Å². The molecule has 0 radical (unpaired) electrons. The SMILES string of the molecule is Cc1ccc(C(F)(F)F)cc1NS(=O)(=O)CCCN. The molecule has 0 atom stereocenters. The quantitative estimate of drug-likeness (QED) is 0.874. The van der Waals surface area contributed by atoms with Crippen LogP contribution in [0.4, 0.5) is 18.9 Å². The number of alkyl halides is 3. The molecule has 0 saturated carbocycles. The molecule has 0 aromatic heterocycles. The van der Waals surface area contributed by atoms with Crippen LogP contribution in [0.25, 0.3) is 0 Å². The molecule has 0 amide bonds. The maximum absolute atomic E-state index is 12.5. The highest BCUT2D eigenvalue weighted by molar-refractivity contribution is 7.92. The number of nitrogens with one attached hydrogen (secondary N) is 1. The van der Waals surface area contributed by atoms with E-state index in [2.05, 4.69) is 4.72 Å². The molecule has 1 aromatic carbocycles. The monoisotopic (exact) mass is 296 g/mol. The van der Waals surface area contributed by atoms with Crippen molar-refractivity contribution in [2.24, 2.45) is 5.73 Å². The average Bonchev–Trinajstić information content (AvgIpc) is 2.28. The van der Waals surface area contributed by atoms with Crippen molar-refractivity contribution in [1.29, 1.82) is 0 Å². The van der Waals surface area contributed by atoms with E-state index in [1.807, 2.05) is 0 Å². The Morgan fingerprint density at radius 3 is 2.47 bits per heavy atom. The van der Waals surface area contributed by atoms with Gasteiger partial charge in [0, 0.05) is 0 Å². The van der Waals surface area contributed by atoms with Crippen molar-refractivity contribution in [3.05, 3.63) is 29.3 Å². The first-order valence-corrected chi connectivity index (χ1v) is 7.19. The average molecular weight is 296 g/mol. The molecule has 1 aromatic rings. The van der Waals surface area contributed by atoms with Gasteiger partial charge in [-0.1, -0.05) is 6.07 Å². The third-order valence-corrected chi connectivity index (χ3v) is 3.80. The maximum atomic E-state index is 12.5. The van der Waals surface area contributed by atoms with Crippen molar-refractivity contribution >= 4 is 15.7 Å². The van der Waals surface area contributed by atoms with Gasteiger partial charge < -0.3 is 5.73 Å². The first kappa shape index (κ1) is 15.8. The number of rotatable bonds is 5. The van der Waals surface area contributed by atoms with Crippen molar-refractivity contribution in [2.45, 2.75) is 19.5 Å². The number of hydrogen-bond acceptors (Lipinski definition) is 3. The second-order valence-corrected chi connectivity index (χ2v) is 5.93. The molecule has 3 N–H and O–H groups in total. The number of hydrogen-bond donors (Lipinski definition) is 2. The molecule has 0 fully saturated rings. The topological polar surface area (TPSA) is 72.2 Å². The van der Waals surface area contributed by atoms with Crippen LogP contribution < -0.4 is 10.5 Å². The predicted molar refractivity (Wildman–Crippen MR) is 67.3 cm³/mol. The second-order valence-electron chi connectivity index (χ2n) is 4.09. The first-order valence-electron chi connectivity index (χ1n) is 5.54. The number of benzene rings is 1. The van der Waals surface area contributed by atoms with E-state index >= 15 is 0 Å². The molecule has 1 rings (SSSR count). The zero-order valence-corrected chi connectivity index (χ0v) is 11.1. The van der Waals surface area contributed by atoms with Gasteiger partial charge in [0.1, 0.15) is 0 Å². The summed E-state index contributed by atoms with van der Waals surface area (Å²) in [5.74, 6) is -0.223. The lowest BCUT2D eigenvalue weighted by atomic mass is 10.1. The van der Waals surface area contributed by atoms with Crippen LogP contribution >= 0.6 is 0 Å². The molecule has 0 aliphatic rings. The molecule has 0 spiro atoms. The van der Waals surface area contributed by atoms with Crippen LogP contribution in [0.15, 0.2) is 18.2 Å². The Morgan fingerprint density at radius 2 is 1.95 bits per heavy atom. The van der Waals surface area contributed by atoms with Gasteiger partial charge in [0.05, 0.1) is 17.0 Å². The number of halogens is 3. The molecule has 0 heterocycles. The van der Waals surface area contributed by atoms with E-state index in [9.17, 15) is 21.6 Å². The van der Waals surface area contributed by atoms with E-state index in [1.165, 1.54) is 13.0 Å². The maximum Gasteiger partial charge on any atom is 0.416 e. The fraction of sp³-hybridized carbons (Fsp3) is 0.455. The van der Waals surface area contributed by atoms with Gasteiger partial charge in [-0.05, 0) is 37.6 Å². The van der Waals surface area contributed by atoms with E-state index in [1.54, 1.807) is 0 Å². The Labute approximate surface area is 109 Å². The Kier molecular flexibility index (Phi) is 4.81. The largest absolute Gasteiger partial charge is 0.416 e. The van der Waals surface area contributed by atoms with Gasteiger partial charge in [0.25, 0.3) is 0 Å². The lowest BCUT2D eigenvalue weighted by molar-refractivity contribution is -0.137. The molecule has 0 aliphatic heterocycles. The van der Waals surface area contributed by atoms with Crippen LogP contribution in [0.5, 0.6) is 0 Å². The van der Waals surface area contributed by atoms with Gasteiger partial charge in [-0.25, -0.2) is 8.42 Å². The molecule has 0 aliphatic carbocycles. The summed E-state index contributed by atoms with van der Waals surface area (Å²) in [5, 5.41) is 0. The summed E-state index contributed by atoms with van der Waals surface area (Å²) in [6.07, 6.45) is -4.27. The van der Waals surface area contributed by atoms with Crippen molar-refractivity contribution in [3.8, 4) is 0 Å². The van der Waals surface area contributed by atoms with Crippen LogP contribution in [-0.4, -0.2) is 20.7 Å². The lowest BCUT2D eigenvalue weighted by Gasteiger charge is -2.13. The third-order valence-electron chi connectivity index (χ3n) is 2.45. The molecule has 0 saturated heterocycles. The van der Waals surface area contributed by atoms with Crippen LogP contribution in [0.1, 0.15) is 17.5 Å². The zero-order valence-electron chi connectivity index (χ0n) is 10.3. The smallest absolute Gasteiger partial charge is 0.330 e. The van der Waals surface area contributed by atoms with Crippen molar-refractivity contribution in [3.63, 3.8) is 0 Å². The Bertz CT molecular complexity index is 541. The number of aryl methyl sites for hydroxylation is 1. The molecule has 0 unspecified atom stereocenters. The summed E-state index contributed by atoms with van der Waals surface area (Å²) in [7, 11) is -3.68. The molecule has 4 nitrogen and oxygen atoms in total. The third kappa shape index (κ3) is 4.71. The second kappa shape index (κ2) is 5.79. The first-order chi connectivity index (χ1) is 8.65. The Hall–Kier alpha value is -1.28. The molecular weight excluding hydrogens is 281 g/mol. The highest BCUT2D eigenvalue weighted by atomic mass is 32.2. The number of sulfonamides is 1. The number of anilines is 1. The van der Waals surface area contributed by atoms with Crippen LogP contribution in [0.2, 0.25) is 0 Å². The molecule has 108 valence electrons. The molecule has 19 heavy (non-hydrogen) atoms. The minimum Gasteiger partial charge on any atom is -0.330 e. The van der Waals surface area contributed by atoms with Crippen molar-refractivity contribution in [1.82, 2.24) is 0 Å². The minimum atomic E-state index is -4.51. The molecule has 0 bridgehead atoms. The van der Waals surface area contributed by atoms with Crippen LogP contribution in [0, 0.1) is 6.92 Å². The van der Waals surface area contributed by atoms with E-state index in [0.717, 1.165) is 12.1 Å². The van der Waals surface area contributed by atoms with Gasteiger partial charge in [0.2, 0.25) is 10.0 Å². The summed E-state index contributed by atoms with van der Waals surface area (Å²) in [6.45, 7) is 1.73. The van der Waals surface area contributed by atoms with Crippen LogP contribution in [-0.2, 0) is 16.2 Å². The predicted octanol–water partition coefficient (Wildman–Crippen LogP) is 2.10. The summed E-state index contributed by atoms with van der Waals surface area (Å²) in [6, 6.07) is 2.92. The fourth-order valence-electron chi connectivity index (χ4n) is 1.40. The zero-order chi connectivity index (χ0) is 14.7. The number of nitrogens with two attached hydrogens (primary N) is 1. The van der Waals surface area contributed by atoms with Crippen LogP contribution in [0.3, 0.4) is 0 Å². The van der Waals surface area contributed by atoms with E-state index < -0.39 is 21.8 Å². The highest BCUT2D eigenvalue weighted by Crippen LogP contribution is 2.32. The summed E-state index contributed by atoms with van der Waals surface area (Å²) in [4.78, 5) is 0. The van der Waals surface area contributed by atoms with Gasteiger partial charge >= 0.3 is 6.18 Å². The highest BCUT2D eigenvalue weighted by Gasteiger charge is 2.31. The lowest BCUT2D eigenvalue weighted by Crippen LogP contribution is -2.20. The summed E-state index contributed by atoms with van der Waals surface area (Å²) in [5.41, 5.74) is 4.66. The van der Waals surface area contributed by atoms with Gasteiger partial charge in [0.15, 0.2) is 0 Å². The summed E-state index contributed by atoms with van der Waals surface area (Å²) >= 11 is 0. The van der Waals surface area contributed by atoms with Gasteiger partial charge in [-0.2, -0.15) is 13.2 Å². The van der Waals surface area contributed by atoms with Gasteiger partial charge in [-0.3, -0.25) is 4.72 Å². The Balaban J connectivity index is 3.01. The fourth-order valence-corrected chi connectivity index (χ4v) is 2.60. The molecule has 8 heteroatoms. The minimum absolute atomic E-state index is 0.0631. The summed E-state index contributed by atoms with van der Waals surface area (Å²) < 4.78 is 63.0. The van der Waals surface area contributed by atoms with Gasteiger partial charge in [-0.15, -0.1) is 0 Å².